The Labute approximate surface area is 134 Å². The molecule has 1 aliphatic heterocycles. The van der Waals surface area contributed by atoms with Crippen LogP contribution in [0, 0.1) is 5.92 Å². The number of hydrogen-bond acceptors (Lipinski definition) is 5. The summed E-state index contributed by atoms with van der Waals surface area (Å²) in [5.41, 5.74) is -0.227. The van der Waals surface area contributed by atoms with E-state index in [1.54, 1.807) is 6.07 Å². The van der Waals surface area contributed by atoms with E-state index >= 15 is 0 Å². The van der Waals surface area contributed by atoms with Gasteiger partial charge in [0.2, 0.25) is 15.9 Å². The Morgan fingerprint density at radius 1 is 1.50 bits per heavy atom. The third-order valence-corrected chi connectivity index (χ3v) is 6.99. The summed E-state index contributed by atoms with van der Waals surface area (Å²) in [4.78, 5) is 15.3. The summed E-state index contributed by atoms with van der Waals surface area (Å²) in [6, 6.07) is 3.12. The summed E-state index contributed by atoms with van der Waals surface area (Å²) in [5.74, 6) is 0.542. The van der Waals surface area contributed by atoms with Crippen LogP contribution in [-0.4, -0.2) is 44.5 Å². The SMILES string of the molecule is CC1(C2CC2)COCCN1C(=O)Cc1ccc(S(N)(=O)=O)s1. The second-order valence-electron chi connectivity index (χ2n) is 6.17. The van der Waals surface area contributed by atoms with Gasteiger partial charge in [0.05, 0.1) is 25.2 Å². The van der Waals surface area contributed by atoms with Crippen molar-refractivity contribution >= 4 is 27.3 Å². The van der Waals surface area contributed by atoms with Crippen LogP contribution in [0.5, 0.6) is 0 Å². The van der Waals surface area contributed by atoms with Crippen molar-refractivity contribution < 1.29 is 17.9 Å². The van der Waals surface area contributed by atoms with Gasteiger partial charge < -0.3 is 9.64 Å². The largest absolute Gasteiger partial charge is 0.377 e. The van der Waals surface area contributed by atoms with Crippen molar-refractivity contribution in [2.45, 2.75) is 35.9 Å². The van der Waals surface area contributed by atoms with Crippen molar-refractivity contribution in [1.29, 1.82) is 0 Å². The first-order chi connectivity index (χ1) is 10.3. The van der Waals surface area contributed by atoms with Gasteiger partial charge in [-0.3, -0.25) is 4.79 Å². The molecule has 1 atom stereocenters. The summed E-state index contributed by atoms with van der Waals surface area (Å²) in [6.07, 6.45) is 2.49. The third-order valence-electron chi connectivity index (χ3n) is 4.47. The number of nitrogens with two attached hydrogens (primary N) is 1. The van der Waals surface area contributed by atoms with Gasteiger partial charge in [0.1, 0.15) is 4.21 Å². The molecule has 8 heteroatoms. The van der Waals surface area contributed by atoms with Gasteiger partial charge in [0, 0.05) is 11.4 Å². The highest BCUT2D eigenvalue weighted by atomic mass is 32.2. The van der Waals surface area contributed by atoms with Gasteiger partial charge in [-0.15, -0.1) is 11.3 Å². The Morgan fingerprint density at radius 2 is 2.23 bits per heavy atom. The Kier molecular flexibility index (Phi) is 4.05. The molecule has 2 aliphatic rings. The normalized spacial score (nSPS) is 26.2. The molecule has 2 N–H and O–H groups in total. The van der Waals surface area contributed by atoms with E-state index in [9.17, 15) is 13.2 Å². The van der Waals surface area contributed by atoms with Crippen LogP contribution in [-0.2, 0) is 26.0 Å². The van der Waals surface area contributed by atoms with Crippen LogP contribution in [0.1, 0.15) is 24.6 Å². The lowest BCUT2D eigenvalue weighted by atomic mass is 9.92. The fourth-order valence-electron chi connectivity index (χ4n) is 3.07. The molecule has 3 rings (SSSR count). The molecular formula is C14H20N2O4S2. The number of sulfonamides is 1. The number of nitrogens with zero attached hydrogens (tertiary/aromatic N) is 1. The summed E-state index contributed by atoms with van der Waals surface area (Å²) in [5, 5.41) is 5.11. The number of primary sulfonamides is 1. The van der Waals surface area contributed by atoms with Crippen LogP contribution >= 0.6 is 11.3 Å². The third kappa shape index (κ3) is 3.05. The first-order valence-electron chi connectivity index (χ1n) is 7.30. The number of thiophene rings is 1. The zero-order valence-electron chi connectivity index (χ0n) is 12.4. The predicted octanol–water partition coefficient (Wildman–Crippen LogP) is 0.966. The van der Waals surface area contributed by atoms with E-state index in [2.05, 4.69) is 6.92 Å². The summed E-state index contributed by atoms with van der Waals surface area (Å²) < 4.78 is 28.3. The molecule has 1 aromatic heterocycles. The topological polar surface area (TPSA) is 89.7 Å². The Hall–Kier alpha value is -0.960. The minimum Gasteiger partial charge on any atom is -0.377 e. The van der Waals surface area contributed by atoms with Crippen molar-refractivity contribution in [3.05, 3.63) is 17.0 Å². The maximum Gasteiger partial charge on any atom is 0.247 e. The molecule has 22 heavy (non-hydrogen) atoms. The lowest BCUT2D eigenvalue weighted by Crippen LogP contribution is -2.59. The first kappa shape index (κ1) is 15.9. The number of amides is 1. The average molecular weight is 344 g/mol. The number of morpholine rings is 1. The number of rotatable bonds is 4. The van der Waals surface area contributed by atoms with E-state index in [1.165, 1.54) is 6.07 Å². The van der Waals surface area contributed by atoms with Crippen LogP contribution in [0.4, 0.5) is 0 Å². The molecule has 2 fully saturated rings. The maximum atomic E-state index is 12.7. The highest BCUT2D eigenvalue weighted by Gasteiger charge is 2.49. The molecular weight excluding hydrogens is 324 g/mol. The van der Waals surface area contributed by atoms with Crippen LogP contribution in [0.25, 0.3) is 0 Å². The molecule has 1 amide bonds. The van der Waals surface area contributed by atoms with Crippen molar-refractivity contribution in [1.82, 2.24) is 4.90 Å². The monoisotopic (exact) mass is 344 g/mol. The van der Waals surface area contributed by atoms with E-state index in [4.69, 9.17) is 9.88 Å². The smallest absolute Gasteiger partial charge is 0.247 e. The molecule has 0 spiro atoms. The molecule has 0 radical (unpaired) electrons. The summed E-state index contributed by atoms with van der Waals surface area (Å²) in [6.45, 7) is 3.82. The van der Waals surface area contributed by atoms with E-state index < -0.39 is 10.0 Å². The first-order valence-corrected chi connectivity index (χ1v) is 9.67. The average Bonchev–Trinajstić information content (AvgIpc) is 3.19. The highest BCUT2D eigenvalue weighted by Crippen LogP contribution is 2.44. The van der Waals surface area contributed by atoms with E-state index in [-0.39, 0.29) is 22.1 Å². The van der Waals surface area contributed by atoms with Crippen molar-refractivity contribution in [3.8, 4) is 0 Å². The molecule has 0 bridgehead atoms. The van der Waals surface area contributed by atoms with Crippen LogP contribution in [0.2, 0.25) is 0 Å². The lowest BCUT2D eigenvalue weighted by molar-refractivity contribution is -0.149. The quantitative estimate of drug-likeness (QED) is 0.881. The molecule has 2 heterocycles. The fraction of sp³-hybridized carbons (Fsp3) is 0.643. The van der Waals surface area contributed by atoms with Crippen molar-refractivity contribution in [2.75, 3.05) is 19.8 Å². The van der Waals surface area contributed by atoms with Gasteiger partial charge in [-0.1, -0.05) is 0 Å². The van der Waals surface area contributed by atoms with Gasteiger partial charge >= 0.3 is 0 Å². The lowest BCUT2D eigenvalue weighted by Gasteiger charge is -2.45. The van der Waals surface area contributed by atoms with Gasteiger partial charge in [-0.25, -0.2) is 13.6 Å². The minimum atomic E-state index is -3.70. The Bertz CT molecular complexity index is 681. The fourth-order valence-corrected chi connectivity index (χ4v) is 4.84. The van der Waals surface area contributed by atoms with Gasteiger partial charge in [0.25, 0.3) is 0 Å². The molecule has 6 nitrogen and oxygen atoms in total. The van der Waals surface area contributed by atoms with Crippen LogP contribution in [0.15, 0.2) is 16.3 Å². The summed E-state index contributed by atoms with van der Waals surface area (Å²) >= 11 is 1.06. The Balaban J connectivity index is 1.74. The zero-order valence-corrected chi connectivity index (χ0v) is 14.1. The summed E-state index contributed by atoms with van der Waals surface area (Å²) in [7, 11) is -3.70. The minimum absolute atomic E-state index is 0.0283. The molecule has 1 aliphatic carbocycles. The van der Waals surface area contributed by atoms with E-state index in [0.717, 1.165) is 29.1 Å². The standard InChI is InChI=1S/C14H20N2O4S2/c1-14(10-2-3-10)9-20-7-6-16(14)12(17)8-11-4-5-13(21-11)22(15,18)19/h4-5,10H,2-3,6-9H2,1H3,(H2,15,18,19). The van der Waals surface area contributed by atoms with Crippen molar-refractivity contribution in [3.63, 3.8) is 0 Å². The number of carbonyl (C=O) groups is 1. The molecule has 1 aromatic rings. The predicted molar refractivity (Wildman–Crippen MR) is 83.1 cm³/mol. The second-order valence-corrected chi connectivity index (χ2v) is 9.13. The molecule has 1 saturated carbocycles. The number of ether oxygens (including phenoxy) is 1. The van der Waals surface area contributed by atoms with Crippen LogP contribution in [0.3, 0.4) is 0 Å². The van der Waals surface area contributed by atoms with Crippen LogP contribution < -0.4 is 5.14 Å². The van der Waals surface area contributed by atoms with Gasteiger partial charge in [-0.05, 0) is 37.8 Å². The molecule has 1 unspecified atom stereocenters. The maximum absolute atomic E-state index is 12.7. The molecule has 122 valence electrons. The molecule has 1 saturated heterocycles. The van der Waals surface area contributed by atoms with Crippen molar-refractivity contribution in [2.24, 2.45) is 11.1 Å². The Morgan fingerprint density at radius 3 is 2.82 bits per heavy atom. The second kappa shape index (κ2) is 5.59. The number of carbonyl (C=O) groups excluding carboxylic acids is 1. The number of hydrogen-bond donors (Lipinski definition) is 1. The van der Waals surface area contributed by atoms with Gasteiger partial charge in [-0.2, -0.15) is 0 Å². The zero-order chi connectivity index (χ0) is 16.0. The van der Waals surface area contributed by atoms with E-state index in [1.807, 2.05) is 4.90 Å². The van der Waals surface area contributed by atoms with E-state index in [0.29, 0.717) is 25.7 Å². The van der Waals surface area contributed by atoms with Gasteiger partial charge in [0.15, 0.2) is 0 Å². The molecule has 0 aromatic carbocycles. The highest BCUT2D eigenvalue weighted by molar-refractivity contribution is 7.91.